The number of benzene rings is 1. The Bertz CT molecular complexity index is 579. The molecule has 0 aliphatic rings. The molecule has 1 atom stereocenters. The molecule has 0 saturated carbocycles. The van der Waals surface area contributed by atoms with Gasteiger partial charge in [-0.05, 0) is 26.3 Å². The molecule has 0 bridgehead atoms. The number of ether oxygens (including phenoxy) is 3. The van der Waals surface area contributed by atoms with E-state index in [4.69, 9.17) is 9.47 Å². The van der Waals surface area contributed by atoms with Gasteiger partial charge < -0.3 is 14.2 Å². The summed E-state index contributed by atoms with van der Waals surface area (Å²) in [6.45, 7) is 5.09. The summed E-state index contributed by atoms with van der Waals surface area (Å²) in [6, 6.07) is 8.24. The minimum atomic E-state index is -0.982. The van der Waals surface area contributed by atoms with E-state index in [1.54, 1.807) is 20.8 Å². The molecule has 0 unspecified atom stereocenters. The fraction of sp³-hybridized carbons (Fsp3) is 0.500. The number of esters is 3. The van der Waals surface area contributed by atoms with Crippen LogP contribution in [0, 0.1) is 0 Å². The van der Waals surface area contributed by atoms with Crippen molar-refractivity contribution >= 4 is 17.9 Å². The lowest BCUT2D eigenvalue weighted by Gasteiger charge is -2.21. The molecule has 0 aromatic heterocycles. The molecule has 0 spiro atoms. The highest BCUT2D eigenvalue weighted by atomic mass is 16.6. The summed E-state index contributed by atoms with van der Waals surface area (Å²) in [5.41, 5.74) is 0.195. The van der Waals surface area contributed by atoms with Gasteiger partial charge in [0.2, 0.25) is 0 Å². The zero-order valence-corrected chi connectivity index (χ0v) is 15.0. The SMILES string of the molecule is COC(=O)[C@H](CC(=O)OC(C)(C)C)NCC(=O)OCc1ccccc1. The van der Waals surface area contributed by atoms with E-state index in [1.807, 2.05) is 30.3 Å². The molecule has 1 aromatic carbocycles. The molecular formula is C18H25NO6. The van der Waals surface area contributed by atoms with Crippen LogP contribution in [0.1, 0.15) is 32.8 Å². The summed E-state index contributed by atoms with van der Waals surface area (Å²) in [7, 11) is 1.21. The molecule has 138 valence electrons. The molecule has 1 aromatic rings. The van der Waals surface area contributed by atoms with Crippen LogP contribution >= 0.6 is 0 Å². The van der Waals surface area contributed by atoms with Crippen molar-refractivity contribution in [1.29, 1.82) is 0 Å². The molecule has 7 heteroatoms. The van der Waals surface area contributed by atoms with Crippen LogP contribution in [0.15, 0.2) is 30.3 Å². The summed E-state index contributed by atoms with van der Waals surface area (Å²) in [5.74, 6) is -1.75. The molecule has 25 heavy (non-hydrogen) atoms. The lowest BCUT2D eigenvalue weighted by molar-refractivity contribution is -0.159. The fourth-order valence-electron chi connectivity index (χ4n) is 1.93. The largest absolute Gasteiger partial charge is 0.468 e. The molecule has 7 nitrogen and oxygen atoms in total. The van der Waals surface area contributed by atoms with Crippen LogP contribution in [0.3, 0.4) is 0 Å². The molecule has 0 fully saturated rings. The molecule has 1 rings (SSSR count). The Morgan fingerprint density at radius 1 is 1.08 bits per heavy atom. The van der Waals surface area contributed by atoms with Crippen LogP contribution in [-0.4, -0.2) is 43.2 Å². The minimum Gasteiger partial charge on any atom is -0.468 e. The summed E-state index contributed by atoms with van der Waals surface area (Å²) in [6.07, 6.45) is -0.240. The third-order valence-electron chi connectivity index (χ3n) is 3.01. The minimum absolute atomic E-state index is 0.135. The Morgan fingerprint density at radius 2 is 1.72 bits per heavy atom. The van der Waals surface area contributed by atoms with Crippen LogP contribution in [0.4, 0.5) is 0 Å². The van der Waals surface area contributed by atoms with Crippen molar-refractivity contribution in [3.8, 4) is 0 Å². The van der Waals surface area contributed by atoms with Crippen molar-refractivity contribution < 1.29 is 28.6 Å². The second kappa shape index (κ2) is 9.78. The van der Waals surface area contributed by atoms with Crippen molar-refractivity contribution in [3.05, 3.63) is 35.9 Å². The van der Waals surface area contributed by atoms with Gasteiger partial charge >= 0.3 is 17.9 Å². The normalized spacial score (nSPS) is 12.2. The maximum absolute atomic E-state index is 11.9. The number of nitrogens with one attached hydrogen (secondary N) is 1. The van der Waals surface area contributed by atoms with E-state index < -0.39 is 29.6 Å². The molecule has 0 saturated heterocycles. The highest BCUT2D eigenvalue weighted by molar-refractivity contribution is 5.83. The first-order valence-electron chi connectivity index (χ1n) is 7.94. The zero-order chi connectivity index (χ0) is 18.9. The summed E-state index contributed by atoms with van der Waals surface area (Å²) in [5, 5.41) is 2.67. The van der Waals surface area contributed by atoms with Gasteiger partial charge in [-0.2, -0.15) is 0 Å². The van der Waals surface area contributed by atoms with Gasteiger partial charge in [0.1, 0.15) is 18.2 Å². The fourth-order valence-corrected chi connectivity index (χ4v) is 1.93. The van der Waals surface area contributed by atoms with E-state index >= 15 is 0 Å². The van der Waals surface area contributed by atoms with Gasteiger partial charge in [-0.15, -0.1) is 0 Å². The van der Waals surface area contributed by atoms with E-state index in [2.05, 4.69) is 10.1 Å². The first-order chi connectivity index (χ1) is 11.7. The number of rotatable bonds is 8. The topological polar surface area (TPSA) is 90.9 Å². The molecule has 0 amide bonds. The Morgan fingerprint density at radius 3 is 2.28 bits per heavy atom. The summed E-state index contributed by atoms with van der Waals surface area (Å²) >= 11 is 0. The van der Waals surface area contributed by atoms with Gasteiger partial charge in [0.15, 0.2) is 0 Å². The van der Waals surface area contributed by atoms with Gasteiger partial charge in [-0.3, -0.25) is 19.7 Å². The van der Waals surface area contributed by atoms with Gasteiger partial charge in [0, 0.05) is 0 Å². The zero-order valence-electron chi connectivity index (χ0n) is 15.0. The predicted molar refractivity (Wildman–Crippen MR) is 90.5 cm³/mol. The Kier molecular flexibility index (Phi) is 8.07. The molecule has 0 aliphatic heterocycles. The monoisotopic (exact) mass is 351 g/mol. The van der Waals surface area contributed by atoms with Crippen LogP contribution in [0.25, 0.3) is 0 Å². The van der Waals surface area contributed by atoms with E-state index in [1.165, 1.54) is 7.11 Å². The van der Waals surface area contributed by atoms with Gasteiger partial charge in [0.05, 0.1) is 20.1 Å². The number of carbonyl (C=O) groups excluding carboxylic acids is 3. The molecule has 0 aliphatic carbocycles. The van der Waals surface area contributed by atoms with Crippen LogP contribution in [-0.2, 0) is 35.2 Å². The Labute approximate surface area is 147 Å². The predicted octanol–water partition coefficient (Wildman–Crippen LogP) is 1.59. The standard InChI is InChI=1S/C18H25NO6/c1-18(2,3)25-15(20)10-14(17(22)23-4)19-11-16(21)24-12-13-8-6-5-7-9-13/h5-9,14,19H,10-12H2,1-4H3/t14-/m0/s1. The van der Waals surface area contributed by atoms with Crippen LogP contribution in [0.5, 0.6) is 0 Å². The maximum atomic E-state index is 11.9. The second-order valence-corrected chi connectivity index (χ2v) is 6.39. The van der Waals surface area contributed by atoms with E-state index in [0.717, 1.165) is 5.56 Å². The number of methoxy groups -OCH3 is 1. The third kappa shape index (κ3) is 8.85. The van der Waals surface area contributed by atoms with Crippen molar-refractivity contribution in [3.63, 3.8) is 0 Å². The Hall–Kier alpha value is -2.41. The second-order valence-electron chi connectivity index (χ2n) is 6.39. The number of hydrogen-bond acceptors (Lipinski definition) is 7. The first-order valence-corrected chi connectivity index (χ1v) is 7.94. The smallest absolute Gasteiger partial charge is 0.323 e. The van der Waals surface area contributed by atoms with Crippen molar-refractivity contribution in [2.24, 2.45) is 0 Å². The van der Waals surface area contributed by atoms with Gasteiger partial charge in [-0.25, -0.2) is 0 Å². The van der Waals surface area contributed by atoms with Gasteiger partial charge in [0.25, 0.3) is 0 Å². The van der Waals surface area contributed by atoms with E-state index in [9.17, 15) is 14.4 Å². The van der Waals surface area contributed by atoms with E-state index in [0.29, 0.717) is 0 Å². The highest BCUT2D eigenvalue weighted by Crippen LogP contribution is 2.10. The average Bonchev–Trinajstić information content (AvgIpc) is 2.55. The van der Waals surface area contributed by atoms with Crippen LogP contribution < -0.4 is 5.32 Å². The van der Waals surface area contributed by atoms with Crippen molar-refractivity contribution in [2.45, 2.75) is 45.4 Å². The molecule has 0 heterocycles. The van der Waals surface area contributed by atoms with E-state index in [-0.39, 0.29) is 19.6 Å². The quantitative estimate of drug-likeness (QED) is 0.562. The van der Waals surface area contributed by atoms with Crippen LogP contribution in [0.2, 0.25) is 0 Å². The molecule has 0 radical (unpaired) electrons. The maximum Gasteiger partial charge on any atom is 0.323 e. The van der Waals surface area contributed by atoms with Gasteiger partial charge in [-0.1, -0.05) is 30.3 Å². The van der Waals surface area contributed by atoms with Crippen molar-refractivity contribution in [1.82, 2.24) is 5.32 Å². The lowest BCUT2D eigenvalue weighted by Crippen LogP contribution is -2.43. The molecule has 1 N–H and O–H groups in total. The highest BCUT2D eigenvalue weighted by Gasteiger charge is 2.26. The number of carbonyl (C=O) groups is 3. The average molecular weight is 351 g/mol. The summed E-state index contributed by atoms with van der Waals surface area (Å²) in [4.78, 5) is 35.4. The number of hydrogen-bond donors (Lipinski definition) is 1. The molecular weight excluding hydrogens is 326 g/mol. The first kappa shape index (κ1) is 20.6. The summed E-state index contributed by atoms with van der Waals surface area (Å²) < 4.78 is 14.9. The lowest BCUT2D eigenvalue weighted by atomic mass is 10.1. The Balaban J connectivity index is 2.48. The van der Waals surface area contributed by atoms with Crippen molar-refractivity contribution in [2.75, 3.05) is 13.7 Å². The third-order valence-corrected chi connectivity index (χ3v) is 3.01.